The van der Waals surface area contributed by atoms with Crippen molar-refractivity contribution in [3.05, 3.63) is 54.8 Å². The second-order valence-electron chi connectivity index (χ2n) is 6.10. The van der Waals surface area contributed by atoms with Gasteiger partial charge < -0.3 is 14.8 Å². The smallest absolute Gasteiger partial charge is 0.264 e. The van der Waals surface area contributed by atoms with Crippen molar-refractivity contribution in [2.24, 2.45) is 4.99 Å². The maximum Gasteiger partial charge on any atom is 0.264 e. The zero-order valence-electron chi connectivity index (χ0n) is 15.7. The minimum absolute atomic E-state index is 0.184. The fourth-order valence-corrected chi connectivity index (χ4v) is 4.21. The lowest BCUT2D eigenvalue weighted by Crippen LogP contribution is -2.19. The van der Waals surface area contributed by atoms with E-state index in [1.165, 1.54) is 11.8 Å². The third-order valence-corrected chi connectivity index (χ3v) is 6.94. The molecular weight excluding hydrogens is 508 g/mol. The number of aliphatic imine (C=N–C) groups is 1. The van der Waals surface area contributed by atoms with Gasteiger partial charge >= 0.3 is 0 Å². The van der Waals surface area contributed by atoms with Crippen molar-refractivity contribution in [2.75, 3.05) is 14.2 Å². The van der Waals surface area contributed by atoms with E-state index in [2.05, 4.69) is 42.2 Å². The summed E-state index contributed by atoms with van der Waals surface area (Å²) >= 11 is 8.37. The van der Waals surface area contributed by atoms with Gasteiger partial charge in [-0.1, -0.05) is 31.9 Å². The molecule has 2 aromatic carbocycles. The van der Waals surface area contributed by atoms with Gasteiger partial charge in [0.05, 0.1) is 24.8 Å². The number of hydrogen-bond acceptors (Lipinski definition) is 5. The molecule has 1 amide bonds. The van der Waals surface area contributed by atoms with Gasteiger partial charge in [-0.3, -0.25) is 4.79 Å². The first-order chi connectivity index (χ1) is 13.3. The SMILES string of the molecule is COc1cc(Br)c(/C=C2\SC(=Nc3cc(C)c(Br)c(C)c3)NC2=O)cc1OC. The highest BCUT2D eigenvalue weighted by Crippen LogP contribution is 2.36. The fraction of sp³-hybridized carbons (Fsp3) is 0.200. The number of amides is 1. The number of amidine groups is 1. The summed E-state index contributed by atoms with van der Waals surface area (Å²) in [6.07, 6.45) is 1.80. The molecule has 0 atom stereocenters. The first-order valence-electron chi connectivity index (χ1n) is 8.30. The molecular formula is C20H18Br2N2O3S. The van der Waals surface area contributed by atoms with E-state index in [4.69, 9.17) is 9.47 Å². The first kappa shape index (κ1) is 21.0. The number of hydrogen-bond donors (Lipinski definition) is 1. The van der Waals surface area contributed by atoms with E-state index < -0.39 is 0 Å². The van der Waals surface area contributed by atoms with Crippen molar-refractivity contribution in [3.63, 3.8) is 0 Å². The standard InChI is InChI=1S/C20H18Br2N2O3S/c1-10-5-13(6-11(2)18(10)22)23-20-24-19(25)17(28-20)8-12-7-15(26-3)16(27-4)9-14(12)21/h5-9H,1-4H3,(H,23,24,25)/b17-8-. The van der Waals surface area contributed by atoms with E-state index in [1.54, 1.807) is 20.3 Å². The van der Waals surface area contributed by atoms with Crippen molar-refractivity contribution in [3.8, 4) is 11.5 Å². The minimum Gasteiger partial charge on any atom is -0.493 e. The van der Waals surface area contributed by atoms with E-state index in [1.807, 2.05) is 38.1 Å². The predicted molar refractivity (Wildman–Crippen MR) is 122 cm³/mol. The lowest BCUT2D eigenvalue weighted by atomic mass is 10.1. The zero-order valence-corrected chi connectivity index (χ0v) is 19.7. The highest BCUT2D eigenvalue weighted by atomic mass is 79.9. The normalized spacial score (nSPS) is 16.6. The van der Waals surface area contributed by atoms with Crippen LogP contribution in [-0.4, -0.2) is 25.3 Å². The van der Waals surface area contributed by atoms with Crippen molar-refractivity contribution >= 4 is 66.5 Å². The highest BCUT2D eigenvalue weighted by Gasteiger charge is 2.24. The molecule has 0 unspecified atom stereocenters. The van der Waals surface area contributed by atoms with Crippen LogP contribution in [0.15, 0.2) is 43.1 Å². The largest absolute Gasteiger partial charge is 0.493 e. The molecule has 8 heteroatoms. The van der Waals surface area contributed by atoms with Gasteiger partial charge in [0.25, 0.3) is 5.91 Å². The Kier molecular flexibility index (Phi) is 6.52. The molecule has 1 heterocycles. The van der Waals surface area contributed by atoms with Crippen LogP contribution in [0.4, 0.5) is 5.69 Å². The van der Waals surface area contributed by atoms with Crippen molar-refractivity contribution < 1.29 is 14.3 Å². The number of nitrogens with one attached hydrogen (secondary N) is 1. The van der Waals surface area contributed by atoms with Crippen LogP contribution in [-0.2, 0) is 4.79 Å². The molecule has 1 aliphatic rings. The lowest BCUT2D eigenvalue weighted by Gasteiger charge is -2.10. The van der Waals surface area contributed by atoms with Gasteiger partial charge in [0.2, 0.25) is 0 Å². The minimum atomic E-state index is -0.184. The number of nitrogens with zero attached hydrogens (tertiary/aromatic N) is 1. The van der Waals surface area contributed by atoms with Gasteiger partial charge in [0.1, 0.15) is 0 Å². The summed E-state index contributed by atoms with van der Waals surface area (Å²) < 4.78 is 12.5. The number of thioether (sulfide) groups is 1. The number of ether oxygens (including phenoxy) is 2. The van der Waals surface area contributed by atoms with Crippen LogP contribution in [0.2, 0.25) is 0 Å². The van der Waals surface area contributed by atoms with Crippen molar-refractivity contribution in [1.29, 1.82) is 0 Å². The summed E-state index contributed by atoms with van der Waals surface area (Å²) in [5.74, 6) is 1.02. The van der Waals surface area contributed by atoms with E-state index in [0.29, 0.717) is 21.6 Å². The van der Waals surface area contributed by atoms with E-state index in [0.717, 1.165) is 31.3 Å². The third-order valence-electron chi connectivity index (χ3n) is 4.09. The molecule has 0 spiro atoms. The van der Waals surface area contributed by atoms with Crippen molar-refractivity contribution in [1.82, 2.24) is 5.32 Å². The molecule has 0 saturated carbocycles. The summed E-state index contributed by atoms with van der Waals surface area (Å²) in [5.41, 5.74) is 3.80. The molecule has 3 rings (SSSR count). The number of aryl methyl sites for hydroxylation is 2. The van der Waals surface area contributed by atoms with E-state index in [9.17, 15) is 4.79 Å². The number of carbonyl (C=O) groups is 1. The van der Waals surface area contributed by atoms with E-state index >= 15 is 0 Å². The Bertz CT molecular complexity index is 996. The number of benzene rings is 2. The van der Waals surface area contributed by atoms with Crippen molar-refractivity contribution in [2.45, 2.75) is 13.8 Å². The Balaban J connectivity index is 1.91. The van der Waals surface area contributed by atoms with Crippen LogP contribution in [0, 0.1) is 13.8 Å². The van der Waals surface area contributed by atoms with Crippen LogP contribution in [0.1, 0.15) is 16.7 Å². The Morgan fingerprint density at radius 2 is 1.64 bits per heavy atom. The topological polar surface area (TPSA) is 59.9 Å². The summed E-state index contributed by atoms with van der Waals surface area (Å²) in [6.45, 7) is 4.03. The molecule has 0 radical (unpaired) electrons. The quantitative estimate of drug-likeness (QED) is 0.517. The molecule has 146 valence electrons. The molecule has 1 fully saturated rings. The fourth-order valence-electron chi connectivity index (χ4n) is 2.71. The Hall–Kier alpha value is -1.77. The van der Waals surface area contributed by atoms with Gasteiger partial charge in [-0.2, -0.15) is 0 Å². The monoisotopic (exact) mass is 524 g/mol. The van der Waals surface area contributed by atoms with Gasteiger partial charge in [-0.25, -0.2) is 4.99 Å². The maximum absolute atomic E-state index is 12.4. The molecule has 1 aliphatic heterocycles. The average molecular weight is 526 g/mol. The third kappa shape index (κ3) is 4.45. The van der Waals surface area contributed by atoms with Gasteiger partial charge in [0.15, 0.2) is 16.7 Å². The van der Waals surface area contributed by atoms with Gasteiger partial charge in [-0.05, 0) is 72.6 Å². The number of methoxy groups -OCH3 is 2. The Labute approximate surface area is 184 Å². The first-order valence-corrected chi connectivity index (χ1v) is 10.7. The molecule has 0 bridgehead atoms. The molecule has 1 N–H and O–H groups in total. The molecule has 28 heavy (non-hydrogen) atoms. The van der Waals surface area contributed by atoms with Crippen LogP contribution in [0.5, 0.6) is 11.5 Å². The Morgan fingerprint density at radius 3 is 2.25 bits per heavy atom. The number of rotatable bonds is 4. The van der Waals surface area contributed by atoms with E-state index in [-0.39, 0.29) is 5.91 Å². The summed E-state index contributed by atoms with van der Waals surface area (Å²) in [5, 5.41) is 3.37. The lowest BCUT2D eigenvalue weighted by molar-refractivity contribution is -0.115. The van der Waals surface area contributed by atoms with Crippen LogP contribution in [0.25, 0.3) is 6.08 Å². The zero-order chi connectivity index (χ0) is 20.4. The molecule has 1 saturated heterocycles. The van der Waals surface area contributed by atoms with Crippen LogP contribution >= 0.6 is 43.6 Å². The highest BCUT2D eigenvalue weighted by molar-refractivity contribution is 9.10. The molecule has 5 nitrogen and oxygen atoms in total. The molecule has 2 aromatic rings. The van der Waals surface area contributed by atoms with Crippen LogP contribution < -0.4 is 14.8 Å². The maximum atomic E-state index is 12.4. The summed E-state index contributed by atoms with van der Waals surface area (Å²) in [7, 11) is 3.16. The summed E-state index contributed by atoms with van der Waals surface area (Å²) in [4.78, 5) is 17.5. The molecule has 0 aliphatic carbocycles. The average Bonchev–Trinajstić information content (AvgIpc) is 2.99. The van der Waals surface area contributed by atoms with Gasteiger partial charge in [0, 0.05) is 8.95 Å². The van der Waals surface area contributed by atoms with Gasteiger partial charge in [-0.15, -0.1) is 0 Å². The number of carbonyl (C=O) groups excluding carboxylic acids is 1. The molecule has 0 aromatic heterocycles. The van der Waals surface area contributed by atoms with Crippen LogP contribution in [0.3, 0.4) is 0 Å². The second kappa shape index (κ2) is 8.71. The Morgan fingerprint density at radius 1 is 1.04 bits per heavy atom. The predicted octanol–water partition coefficient (Wildman–Crippen LogP) is 5.74. The number of halogens is 2. The second-order valence-corrected chi connectivity index (χ2v) is 8.78. The summed E-state index contributed by atoms with van der Waals surface area (Å²) in [6, 6.07) is 7.58.